The Labute approximate surface area is 136 Å². The molecule has 0 N–H and O–H groups in total. The maximum Gasteiger partial charge on any atom is 0.122 e. The average Bonchev–Trinajstić information content (AvgIpc) is 2.62. The Morgan fingerprint density at radius 3 is 2.23 bits per heavy atom. The highest BCUT2D eigenvalue weighted by Gasteiger charge is 2.30. The van der Waals surface area contributed by atoms with Gasteiger partial charge in [0.15, 0.2) is 0 Å². The van der Waals surface area contributed by atoms with Gasteiger partial charge in [-0.15, -0.1) is 0 Å². The molecule has 122 valence electrons. The highest BCUT2D eigenvalue weighted by molar-refractivity contribution is 5.43. The lowest BCUT2D eigenvalue weighted by Gasteiger charge is -2.36. The monoisotopic (exact) mass is 300 g/mol. The summed E-state index contributed by atoms with van der Waals surface area (Å²) >= 11 is 0. The molecule has 0 atom stereocenters. The van der Waals surface area contributed by atoms with Gasteiger partial charge in [0.25, 0.3) is 0 Å². The van der Waals surface area contributed by atoms with Gasteiger partial charge in [0, 0.05) is 5.56 Å². The first-order chi connectivity index (χ1) is 10.8. The van der Waals surface area contributed by atoms with Gasteiger partial charge in [-0.1, -0.05) is 51.2 Å². The van der Waals surface area contributed by atoms with Crippen LogP contribution in [0.1, 0.15) is 81.8 Å². The summed E-state index contributed by atoms with van der Waals surface area (Å²) in [5.74, 6) is 3.90. The maximum absolute atomic E-state index is 5.68. The van der Waals surface area contributed by atoms with Crippen LogP contribution in [-0.4, -0.2) is 7.11 Å². The van der Waals surface area contributed by atoms with Crippen molar-refractivity contribution in [3.05, 3.63) is 29.3 Å². The van der Waals surface area contributed by atoms with Gasteiger partial charge in [0.2, 0.25) is 0 Å². The third-order valence-electron chi connectivity index (χ3n) is 6.25. The van der Waals surface area contributed by atoms with Crippen molar-refractivity contribution < 1.29 is 4.74 Å². The lowest BCUT2D eigenvalue weighted by molar-refractivity contribution is 0.185. The Morgan fingerprint density at radius 1 is 0.909 bits per heavy atom. The molecule has 0 unspecified atom stereocenters. The predicted molar refractivity (Wildman–Crippen MR) is 93.6 cm³/mol. The number of rotatable bonds is 4. The first kappa shape index (κ1) is 15.9. The molecular weight excluding hydrogens is 268 g/mol. The molecule has 0 aliphatic heterocycles. The molecule has 0 radical (unpaired) electrons. The van der Waals surface area contributed by atoms with E-state index in [0.29, 0.717) is 0 Å². The van der Waals surface area contributed by atoms with E-state index < -0.39 is 0 Å². The molecule has 22 heavy (non-hydrogen) atoms. The Balaban J connectivity index is 1.68. The molecule has 0 heterocycles. The molecule has 2 saturated carbocycles. The minimum Gasteiger partial charge on any atom is -0.496 e. The van der Waals surface area contributed by atoms with Crippen molar-refractivity contribution in [1.82, 2.24) is 0 Å². The van der Waals surface area contributed by atoms with Crippen LogP contribution < -0.4 is 4.74 Å². The van der Waals surface area contributed by atoms with E-state index in [4.69, 9.17) is 4.74 Å². The molecule has 0 aromatic heterocycles. The lowest BCUT2D eigenvalue weighted by Crippen LogP contribution is -2.23. The SMILES string of the molecule is CCc1cccc(OC)c1C1CCC(C2CCCCC2)CC1. The summed E-state index contributed by atoms with van der Waals surface area (Å²) in [6.45, 7) is 2.27. The second-order valence-corrected chi connectivity index (χ2v) is 7.40. The van der Waals surface area contributed by atoms with Crippen molar-refractivity contribution in [2.24, 2.45) is 11.8 Å². The standard InChI is InChI=1S/C21H32O/c1-3-16-10-7-11-20(22-2)21(16)19-14-12-18(13-15-19)17-8-5-4-6-9-17/h7,10-11,17-19H,3-6,8-9,12-15H2,1-2H3. The fraction of sp³-hybridized carbons (Fsp3) is 0.714. The van der Waals surface area contributed by atoms with Crippen molar-refractivity contribution in [3.8, 4) is 5.75 Å². The van der Waals surface area contributed by atoms with E-state index in [-0.39, 0.29) is 0 Å². The molecular formula is C21H32O. The van der Waals surface area contributed by atoms with Crippen molar-refractivity contribution in [2.75, 3.05) is 7.11 Å². The molecule has 0 bridgehead atoms. The minimum atomic E-state index is 0.728. The van der Waals surface area contributed by atoms with Crippen molar-refractivity contribution >= 4 is 0 Å². The Kier molecular flexibility index (Phi) is 5.44. The van der Waals surface area contributed by atoms with E-state index in [1.165, 1.54) is 68.9 Å². The Hall–Kier alpha value is -0.980. The minimum absolute atomic E-state index is 0.728. The number of benzene rings is 1. The fourth-order valence-corrected chi connectivity index (χ4v) is 5.02. The van der Waals surface area contributed by atoms with E-state index in [1.54, 1.807) is 0 Å². The second kappa shape index (κ2) is 7.53. The molecule has 1 heteroatoms. The molecule has 0 saturated heterocycles. The first-order valence-electron chi connectivity index (χ1n) is 9.49. The van der Waals surface area contributed by atoms with Gasteiger partial charge in [-0.2, -0.15) is 0 Å². The maximum atomic E-state index is 5.68. The normalized spacial score (nSPS) is 26.8. The van der Waals surface area contributed by atoms with Crippen LogP contribution in [0.5, 0.6) is 5.75 Å². The van der Waals surface area contributed by atoms with Crippen molar-refractivity contribution in [1.29, 1.82) is 0 Å². The molecule has 2 aliphatic carbocycles. The van der Waals surface area contributed by atoms with Crippen molar-refractivity contribution in [2.45, 2.75) is 77.0 Å². The summed E-state index contributed by atoms with van der Waals surface area (Å²) in [7, 11) is 1.83. The summed E-state index contributed by atoms with van der Waals surface area (Å²) in [6, 6.07) is 6.60. The lowest BCUT2D eigenvalue weighted by atomic mass is 9.69. The molecule has 0 spiro atoms. The second-order valence-electron chi connectivity index (χ2n) is 7.40. The van der Waals surface area contributed by atoms with Crippen LogP contribution >= 0.6 is 0 Å². The molecule has 1 aromatic rings. The van der Waals surface area contributed by atoms with E-state index >= 15 is 0 Å². The van der Waals surface area contributed by atoms with Crippen LogP contribution in [0, 0.1) is 11.8 Å². The largest absolute Gasteiger partial charge is 0.496 e. The molecule has 3 rings (SSSR count). The van der Waals surface area contributed by atoms with Gasteiger partial charge in [-0.05, 0) is 61.5 Å². The summed E-state index contributed by atoms with van der Waals surface area (Å²) in [5.41, 5.74) is 3.02. The zero-order chi connectivity index (χ0) is 15.4. The van der Waals surface area contributed by atoms with Gasteiger partial charge >= 0.3 is 0 Å². The van der Waals surface area contributed by atoms with Crippen molar-refractivity contribution in [3.63, 3.8) is 0 Å². The van der Waals surface area contributed by atoms with E-state index in [0.717, 1.165) is 29.9 Å². The molecule has 2 aliphatic rings. The van der Waals surface area contributed by atoms with Crippen LogP contribution in [0.2, 0.25) is 0 Å². The molecule has 1 nitrogen and oxygen atoms in total. The zero-order valence-electron chi connectivity index (χ0n) is 14.4. The topological polar surface area (TPSA) is 9.23 Å². The first-order valence-corrected chi connectivity index (χ1v) is 9.49. The number of aryl methyl sites for hydroxylation is 1. The number of hydrogen-bond acceptors (Lipinski definition) is 1. The van der Waals surface area contributed by atoms with Gasteiger partial charge in [-0.3, -0.25) is 0 Å². The summed E-state index contributed by atoms with van der Waals surface area (Å²) in [4.78, 5) is 0. The van der Waals surface area contributed by atoms with Crippen LogP contribution in [0.15, 0.2) is 18.2 Å². The third kappa shape index (κ3) is 3.34. The van der Waals surface area contributed by atoms with Crippen LogP contribution in [-0.2, 0) is 6.42 Å². The Bertz CT molecular complexity index is 443. The van der Waals surface area contributed by atoms with E-state index in [9.17, 15) is 0 Å². The highest BCUT2D eigenvalue weighted by Crippen LogP contribution is 2.45. The van der Waals surface area contributed by atoms with Gasteiger partial charge in [-0.25, -0.2) is 0 Å². The van der Waals surface area contributed by atoms with Gasteiger partial charge in [0.05, 0.1) is 7.11 Å². The number of methoxy groups -OCH3 is 1. The smallest absolute Gasteiger partial charge is 0.122 e. The van der Waals surface area contributed by atoms with E-state index in [2.05, 4.69) is 25.1 Å². The molecule has 1 aromatic carbocycles. The predicted octanol–water partition coefficient (Wildman–Crippen LogP) is 6.11. The van der Waals surface area contributed by atoms with Crippen LogP contribution in [0.25, 0.3) is 0 Å². The van der Waals surface area contributed by atoms with Crippen LogP contribution in [0.4, 0.5) is 0 Å². The third-order valence-corrected chi connectivity index (χ3v) is 6.25. The Morgan fingerprint density at radius 2 is 1.59 bits per heavy atom. The summed E-state index contributed by atoms with van der Waals surface area (Å²) < 4.78 is 5.68. The van der Waals surface area contributed by atoms with E-state index in [1.807, 2.05) is 7.11 Å². The highest BCUT2D eigenvalue weighted by atomic mass is 16.5. The number of ether oxygens (including phenoxy) is 1. The van der Waals surface area contributed by atoms with Gasteiger partial charge < -0.3 is 4.74 Å². The quantitative estimate of drug-likeness (QED) is 0.651. The summed E-state index contributed by atoms with van der Waals surface area (Å²) in [6.07, 6.45) is 14.2. The summed E-state index contributed by atoms with van der Waals surface area (Å²) in [5, 5.41) is 0. The number of hydrogen-bond donors (Lipinski definition) is 0. The average molecular weight is 300 g/mol. The van der Waals surface area contributed by atoms with Crippen LogP contribution in [0.3, 0.4) is 0 Å². The van der Waals surface area contributed by atoms with Gasteiger partial charge in [0.1, 0.15) is 5.75 Å². The molecule has 2 fully saturated rings. The fourth-order valence-electron chi connectivity index (χ4n) is 5.02. The molecule has 0 amide bonds. The zero-order valence-corrected chi connectivity index (χ0v) is 14.4.